The van der Waals surface area contributed by atoms with E-state index in [-0.39, 0.29) is 0 Å². The zero-order chi connectivity index (χ0) is 12.3. The molecule has 0 spiro atoms. The Bertz CT molecular complexity index is 219. The Morgan fingerprint density at radius 1 is 1.12 bits per heavy atom. The zero-order valence-electron chi connectivity index (χ0n) is 11.9. The van der Waals surface area contributed by atoms with Crippen molar-refractivity contribution in [2.45, 2.75) is 65.0 Å². The number of nitrogens with zero attached hydrogens (tertiary/aromatic N) is 1. The van der Waals surface area contributed by atoms with E-state index in [1.54, 1.807) is 0 Å². The van der Waals surface area contributed by atoms with Gasteiger partial charge in [-0.2, -0.15) is 0 Å². The van der Waals surface area contributed by atoms with Gasteiger partial charge in [0, 0.05) is 18.6 Å². The lowest BCUT2D eigenvalue weighted by atomic mass is 9.83. The molecule has 2 heteroatoms. The van der Waals surface area contributed by atoms with Crippen molar-refractivity contribution in [3.63, 3.8) is 0 Å². The number of rotatable bonds is 4. The van der Waals surface area contributed by atoms with Gasteiger partial charge in [-0.05, 0) is 58.0 Å². The number of hydrogen-bond donors (Lipinski definition) is 1. The molecule has 1 unspecified atom stereocenters. The summed E-state index contributed by atoms with van der Waals surface area (Å²) in [7, 11) is 0. The summed E-state index contributed by atoms with van der Waals surface area (Å²) in [4.78, 5) is 2.60. The van der Waals surface area contributed by atoms with Crippen molar-refractivity contribution < 1.29 is 0 Å². The molecule has 2 nitrogen and oxygen atoms in total. The molecule has 17 heavy (non-hydrogen) atoms. The van der Waals surface area contributed by atoms with Gasteiger partial charge in [-0.3, -0.25) is 4.90 Å². The quantitative estimate of drug-likeness (QED) is 0.810. The Hall–Kier alpha value is -0.0800. The van der Waals surface area contributed by atoms with E-state index in [2.05, 4.69) is 31.0 Å². The van der Waals surface area contributed by atoms with Crippen molar-refractivity contribution in [1.29, 1.82) is 0 Å². The van der Waals surface area contributed by atoms with E-state index in [0.29, 0.717) is 0 Å². The molecule has 1 saturated carbocycles. The Morgan fingerprint density at radius 2 is 1.82 bits per heavy atom. The van der Waals surface area contributed by atoms with Gasteiger partial charge in [-0.15, -0.1) is 0 Å². The summed E-state index contributed by atoms with van der Waals surface area (Å²) in [6, 6.07) is 1.48. The van der Waals surface area contributed by atoms with Gasteiger partial charge in [0.1, 0.15) is 0 Å². The van der Waals surface area contributed by atoms with Crippen LogP contribution in [0.15, 0.2) is 0 Å². The van der Waals surface area contributed by atoms with Crippen LogP contribution < -0.4 is 5.32 Å². The summed E-state index contributed by atoms with van der Waals surface area (Å²) in [6.07, 6.45) is 7.16. The molecule has 0 aromatic rings. The molecule has 0 amide bonds. The fraction of sp³-hybridized carbons (Fsp3) is 1.00. The molecular formula is C15H30N2. The molecular weight excluding hydrogens is 208 g/mol. The highest BCUT2D eigenvalue weighted by Gasteiger charge is 2.25. The lowest BCUT2D eigenvalue weighted by Gasteiger charge is -2.27. The Kier molecular flexibility index (Phi) is 4.87. The minimum Gasteiger partial charge on any atom is -0.312 e. The first-order valence-electron chi connectivity index (χ1n) is 7.62. The molecule has 1 aliphatic heterocycles. The lowest BCUT2D eigenvalue weighted by molar-refractivity contribution is 0.255. The number of likely N-dealkylation sites (tertiary alicyclic amines) is 1. The summed E-state index contributed by atoms with van der Waals surface area (Å²) in [5.41, 5.74) is 0. The first-order chi connectivity index (χ1) is 8.15. The molecule has 1 aliphatic carbocycles. The summed E-state index contributed by atoms with van der Waals surface area (Å²) in [6.45, 7) is 10.8. The highest BCUT2D eigenvalue weighted by Crippen LogP contribution is 2.28. The fourth-order valence-corrected chi connectivity index (χ4v) is 3.29. The smallest absolute Gasteiger partial charge is 0.0207 e. The first kappa shape index (κ1) is 13.4. The molecule has 0 radical (unpaired) electrons. The third kappa shape index (κ3) is 3.96. The van der Waals surface area contributed by atoms with E-state index < -0.39 is 0 Å². The molecule has 0 aromatic carbocycles. The normalized spacial score (nSPS) is 35.6. The Morgan fingerprint density at radius 3 is 2.41 bits per heavy atom. The fourth-order valence-electron chi connectivity index (χ4n) is 3.29. The zero-order valence-corrected chi connectivity index (χ0v) is 11.9. The monoisotopic (exact) mass is 238 g/mol. The molecule has 1 atom stereocenters. The van der Waals surface area contributed by atoms with Crippen molar-refractivity contribution in [2.75, 3.05) is 19.6 Å². The van der Waals surface area contributed by atoms with Crippen molar-refractivity contribution in [2.24, 2.45) is 11.8 Å². The van der Waals surface area contributed by atoms with Gasteiger partial charge in [0.15, 0.2) is 0 Å². The van der Waals surface area contributed by atoms with Gasteiger partial charge >= 0.3 is 0 Å². The van der Waals surface area contributed by atoms with Gasteiger partial charge in [0.25, 0.3) is 0 Å². The van der Waals surface area contributed by atoms with Crippen LogP contribution in [-0.2, 0) is 0 Å². The van der Waals surface area contributed by atoms with Crippen LogP contribution >= 0.6 is 0 Å². The minimum atomic E-state index is 0.720. The third-order valence-corrected chi connectivity index (χ3v) is 4.78. The Labute approximate surface area is 107 Å². The average molecular weight is 238 g/mol. The van der Waals surface area contributed by atoms with Gasteiger partial charge in [0.2, 0.25) is 0 Å². The molecule has 100 valence electrons. The minimum absolute atomic E-state index is 0.720. The van der Waals surface area contributed by atoms with Crippen LogP contribution in [0, 0.1) is 11.8 Å². The van der Waals surface area contributed by atoms with Gasteiger partial charge in [0.05, 0.1) is 0 Å². The maximum absolute atomic E-state index is 3.81. The largest absolute Gasteiger partial charge is 0.312 e. The highest BCUT2D eigenvalue weighted by molar-refractivity contribution is 4.84. The topological polar surface area (TPSA) is 15.3 Å². The molecule has 0 bridgehead atoms. The number of nitrogens with one attached hydrogen (secondary N) is 1. The number of hydrogen-bond acceptors (Lipinski definition) is 2. The van der Waals surface area contributed by atoms with Crippen LogP contribution in [0.25, 0.3) is 0 Å². The van der Waals surface area contributed by atoms with Crippen molar-refractivity contribution in [3.8, 4) is 0 Å². The molecule has 2 rings (SSSR count). The Balaban J connectivity index is 1.63. The summed E-state index contributed by atoms with van der Waals surface area (Å²) < 4.78 is 0. The average Bonchev–Trinajstić information content (AvgIpc) is 2.77. The maximum Gasteiger partial charge on any atom is 0.0207 e. The van der Waals surface area contributed by atoms with E-state index in [1.165, 1.54) is 51.7 Å². The summed E-state index contributed by atoms with van der Waals surface area (Å²) >= 11 is 0. The SMILES string of the molecule is CC1CCC(CNC2CCN(C(C)C)C2)CC1. The molecule has 1 N–H and O–H groups in total. The molecule has 2 fully saturated rings. The summed E-state index contributed by atoms with van der Waals surface area (Å²) in [5, 5.41) is 3.81. The van der Waals surface area contributed by atoms with Crippen LogP contribution in [0.1, 0.15) is 52.9 Å². The molecule has 0 aromatic heterocycles. The second-order valence-corrected chi connectivity index (χ2v) is 6.61. The van der Waals surface area contributed by atoms with Crippen LogP contribution in [-0.4, -0.2) is 36.6 Å². The maximum atomic E-state index is 3.81. The second-order valence-electron chi connectivity index (χ2n) is 6.61. The van der Waals surface area contributed by atoms with E-state index in [0.717, 1.165) is 23.9 Å². The highest BCUT2D eigenvalue weighted by atomic mass is 15.2. The summed E-state index contributed by atoms with van der Waals surface area (Å²) in [5.74, 6) is 1.94. The van der Waals surface area contributed by atoms with Gasteiger partial charge in [-0.25, -0.2) is 0 Å². The van der Waals surface area contributed by atoms with E-state index in [9.17, 15) is 0 Å². The first-order valence-corrected chi connectivity index (χ1v) is 7.62. The van der Waals surface area contributed by atoms with Crippen molar-refractivity contribution in [1.82, 2.24) is 10.2 Å². The molecule has 2 aliphatic rings. The van der Waals surface area contributed by atoms with E-state index in [4.69, 9.17) is 0 Å². The van der Waals surface area contributed by atoms with Gasteiger partial charge in [-0.1, -0.05) is 19.8 Å². The van der Waals surface area contributed by atoms with Crippen LogP contribution in [0.2, 0.25) is 0 Å². The predicted molar refractivity (Wildman–Crippen MR) is 74.2 cm³/mol. The van der Waals surface area contributed by atoms with E-state index in [1.807, 2.05) is 0 Å². The predicted octanol–water partition coefficient (Wildman–Crippen LogP) is 2.89. The van der Waals surface area contributed by atoms with Gasteiger partial charge < -0.3 is 5.32 Å². The second kappa shape index (κ2) is 6.19. The third-order valence-electron chi connectivity index (χ3n) is 4.78. The van der Waals surface area contributed by atoms with Crippen LogP contribution in [0.5, 0.6) is 0 Å². The lowest BCUT2D eigenvalue weighted by Crippen LogP contribution is -2.38. The van der Waals surface area contributed by atoms with Crippen molar-refractivity contribution >= 4 is 0 Å². The standard InChI is InChI=1S/C15H30N2/c1-12(2)17-9-8-15(11-17)16-10-14-6-4-13(3)5-7-14/h12-16H,4-11H2,1-3H3. The molecule has 1 heterocycles. The van der Waals surface area contributed by atoms with Crippen LogP contribution in [0.4, 0.5) is 0 Å². The molecule has 1 saturated heterocycles. The van der Waals surface area contributed by atoms with Crippen LogP contribution in [0.3, 0.4) is 0 Å². The van der Waals surface area contributed by atoms with E-state index >= 15 is 0 Å². The van der Waals surface area contributed by atoms with Crippen molar-refractivity contribution in [3.05, 3.63) is 0 Å².